The lowest BCUT2D eigenvalue weighted by atomic mass is 9.76. The maximum atomic E-state index is 10.3. The summed E-state index contributed by atoms with van der Waals surface area (Å²) < 4.78 is 5.67. The molecule has 0 radical (unpaired) electrons. The molecule has 0 heterocycles. The number of aryl methyl sites for hydroxylation is 1. The number of hydrogen-bond donors (Lipinski definition) is 1. The van der Waals surface area contributed by atoms with Crippen LogP contribution in [0.2, 0.25) is 0 Å². The van der Waals surface area contributed by atoms with Crippen LogP contribution < -0.4 is 10.1 Å². The number of amides is 1. The number of hydrogen-bond acceptors (Lipinski definition) is 2. The second kappa shape index (κ2) is 18.4. The van der Waals surface area contributed by atoms with E-state index in [1.165, 1.54) is 61.7 Å². The van der Waals surface area contributed by atoms with Crippen LogP contribution in [0, 0.1) is 12.3 Å². The van der Waals surface area contributed by atoms with Crippen LogP contribution in [0.4, 0.5) is 0 Å². The van der Waals surface area contributed by atoms with Gasteiger partial charge >= 0.3 is 0 Å². The van der Waals surface area contributed by atoms with E-state index in [1.807, 2.05) is 26.0 Å². The molecule has 1 aromatic carbocycles. The maximum absolute atomic E-state index is 10.3. The van der Waals surface area contributed by atoms with Crippen LogP contribution in [0.3, 0.4) is 0 Å². The molecular formula is C30H51NO2. The third-order valence-electron chi connectivity index (χ3n) is 5.40. The zero-order chi connectivity index (χ0) is 25.1. The second-order valence-corrected chi connectivity index (χ2v) is 9.90. The van der Waals surface area contributed by atoms with Crippen molar-refractivity contribution in [2.24, 2.45) is 5.41 Å². The van der Waals surface area contributed by atoms with Crippen molar-refractivity contribution in [3.05, 3.63) is 53.6 Å². The van der Waals surface area contributed by atoms with Crippen molar-refractivity contribution in [3.8, 4) is 5.75 Å². The molecule has 1 aromatic rings. The van der Waals surface area contributed by atoms with Crippen LogP contribution >= 0.6 is 0 Å². The molecule has 3 nitrogen and oxygen atoms in total. The van der Waals surface area contributed by atoms with Crippen molar-refractivity contribution >= 4 is 5.91 Å². The fourth-order valence-electron chi connectivity index (χ4n) is 3.91. The van der Waals surface area contributed by atoms with Gasteiger partial charge in [-0.05, 0) is 57.6 Å². The van der Waals surface area contributed by atoms with E-state index in [1.54, 1.807) is 0 Å². The van der Waals surface area contributed by atoms with Crippen LogP contribution in [-0.4, -0.2) is 19.1 Å². The van der Waals surface area contributed by atoms with Crippen LogP contribution in [0.5, 0.6) is 5.75 Å². The zero-order valence-corrected chi connectivity index (χ0v) is 22.7. The summed E-state index contributed by atoms with van der Waals surface area (Å²) in [6, 6.07) is 8.28. The predicted octanol–water partition coefficient (Wildman–Crippen LogP) is 8.58. The smallest absolute Gasteiger partial charge is 0.219 e. The topological polar surface area (TPSA) is 38.3 Å². The number of unbranched alkanes of at least 4 members (excludes halogenated alkanes) is 5. The minimum Gasteiger partial charge on any atom is -0.494 e. The standard InChI is InChI=1S/C15H24O.C10H16.C5H11NO/c1-3-4-5-6-7-8-13-16-15-11-9-14(2)10-12-15;1-8-5-9(2)7-10(3,4)6-8;1-3-5(7)6-4-2/h9-12H,3-8,13H2,1-2H3;5H,1,6-7H2,2-4H3;3-4H2,1-2H3,(H,6,7). The van der Waals surface area contributed by atoms with E-state index >= 15 is 0 Å². The quantitative estimate of drug-likeness (QED) is 0.357. The predicted molar refractivity (Wildman–Crippen MR) is 145 cm³/mol. The molecule has 3 heteroatoms. The Balaban J connectivity index is 0.000000514. The van der Waals surface area contributed by atoms with E-state index in [2.05, 4.69) is 64.7 Å². The number of carbonyl (C=O) groups excluding carboxylic acids is 1. The Kier molecular flexibility index (Phi) is 17.3. The first-order chi connectivity index (χ1) is 15.6. The Morgan fingerprint density at radius 2 is 1.58 bits per heavy atom. The highest BCUT2D eigenvalue weighted by Crippen LogP contribution is 2.36. The van der Waals surface area contributed by atoms with E-state index in [4.69, 9.17) is 4.74 Å². The maximum Gasteiger partial charge on any atom is 0.219 e. The van der Waals surface area contributed by atoms with Crippen molar-refractivity contribution in [1.29, 1.82) is 0 Å². The summed E-state index contributed by atoms with van der Waals surface area (Å²) in [5.41, 5.74) is 4.50. The Labute approximate surface area is 205 Å². The average Bonchev–Trinajstić information content (AvgIpc) is 2.73. The summed E-state index contributed by atoms with van der Waals surface area (Å²) in [5, 5.41) is 2.66. The lowest BCUT2D eigenvalue weighted by Gasteiger charge is -2.29. The summed E-state index contributed by atoms with van der Waals surface area (Å²) in [6.45, 7) is 20.5. The fraction of sp³-hybridized carbons (Fsp3) is 0.633. The average molecular weight is 458 g/mol. The van der Waals surface area contributed by atoms with E-state index < -0.39 is 0 Å². The van der Waals surface area contributed by atoms with Gasteiger partial charge < -0.3 is 10.1 Å². The van der Waals surface area contributed by atoms with Crippen molar-refractivity contribution in [1.82, 2.24) is 5.32 Å². The van der Waals surface area contributed by atoms with Gasteiger partial charge in [-0.15, -0.1) is 0 Å². The molecule has 0 fully saturated rings. The van der Waals surface area contributed by atoms with E-state index in [-0.39, 0.29) is 5.91 Å². The van der Waals surface area contributed by atoms with E-state index in [0.717, 1.165) is 25.3 Å². The minimum atomic E-state index is 0.127. The normalized spacial score (nSPS) is 14.2. The van der Waals surface area contributed by atoms with Crippen molar-refractivity contribution in [2.75, 3.05) is 13.2 Å². The summed E-state index contributed by atoms with van der Waals surface area (Å²) in [4.78, 5) is 10.3. The molecule has 33 heavy (non-hydrogen) atoms. The molecule has 0 atom stereocenters. The first kappa shape index (κ1) is 31.0. The molecule has 0 aromatic heterocycles. The highest BCUT2D eigenvalue weighted by molar-refractivity contribution is 5.75. The first-order valence-corrected chi connectivity index (χ1v) is 12.9. The summed E-state index contributed by atoms with van der Waals surface area (Å²) >= 11 is 0. The van der Waals surface area contributed by atoms with Gasteiger partial charge in [0.1, 0.15) is 5.75 Å². The molecule has 0 aliphatic heterocycles. The second-order valence-electron chi connectivity index (χ2n) is 9.90. The van der Waals surface area contributed by atoms with E-state index in [9.17, 15) is 4.79 Å². The van der Waals surface area contributed by atoms with Gasteiger partial charge in [0.25, 0.3) is 0 Å². The van der Waals surface area contributed by atoms with Crippen molar-refractivity contribution < 1.29 is 9.53 Å². The molecule has 0 bridgehead atoms. The molecule has 1 N–H and O–H groups in total. The Bertz CT molecular complexity index is 686. The van der Waals surface area contributed by atoms with Crippen LogP contribution in [0.25, 0.3) is 0 Å². The monoisotopic (exact) mass is 457 g/mol. The molecule has 0 saturated heterocycles. The molecule has 1 aliphatic carbocycles. The first-order valence-electron chi connectivity index (χ1n) is 12.9. The molecule has 1 aliphatic rings. The fourth-order valence-corrected chi connectivity index (χ4v) is 3.91. The number of rotatable bonds is 10. The van der Waals surface area contributed by atoms with Crippen molar-refractivity contribution in [3.63, 3.8) is 0 Å². The van der Waals surface area contributed by atoms with Gasteiger partial charge in [0.15, 0.2) is 0 Å². The van der Waals surface area contributed by atoms with Crippen molar-refractivity contribution in [2.45, 2.75) is 106 Å². The SMILES string of the molecule is C=C1C=C(C)CC(C)(C)C1.CCCCCCCCOc1ccc(C)cc1.CCNC(=O)CC. The number of allylic oxidation sites excluding steroid dienone is 3. The lowest BCUT2D eigenvalue weighted by molar-refractivity contribution is -0.120. The molecule has 2 rings (SSSR count). The van der Waals surface area contributed by atoms with Gasteiger partial charge in [0, 0.05) is 13.0 Å². The molecule has 0 unspecified atom stereocenters. The van der Waals surface area contributed by atoms with Crippen LogP contribution in [-0.2, 0) is 4.79 Å². The summed E-state index contributed by atoms with van der Waals surface area (Å²) in [5.74, 6) is 1.13. The van der Waals surface area contributed by atoms with Gasteiger partial charge in [0.05, 0.1) is 6.61 Å². The van der Waals surface area contributed by atoms with Gasteiger partial charge in [-0.2, -0.15) is 0 Å². The molecular weight excluding hydrogens is 406 g/mol. The third kappa shape index (κ3) is 18.1. The Hall–Kier alpha value is -2.03. The summed E-state index contributed by atoms with van der Waals surface area (Å²) in [6.07, 6.45) is 13.1. The molecule has 1 amide bonds. The number of benzene rings is 1. The highest BCUT2D eigenvalue weighted by atomic mass is 16.5. The van der Waals surface area contributed by atoms with Crippen LogP contribution in [0.15, 0.2) is 48.1 Å². The summed E-state index contributed by atoms with van der Waals surface area (Å²) in [7, 11) is 0. The minimum absolute atomic E-state index is 0.127. The van der Waals surface area contributed by atoms with Gasteiger partial charge in [-0.3, -0.25) is 4.79 Å². The van der Waals surface area contributed by atoms with E-state index in [0.29, 0.717) is 11.8 Å². The number of nitrogens with one attached hydrogen (secondary N) is 1. The molecule has 188 valence electrons. The van der Waals surface area contributed by atoms with Gasteiger partial charge in [-0.1, -0.05) is 101 Å². The van der Waals surface area contributed by atoms with Crippen LogP contribution in [0.1, 0.15) is 105 Å². The molecule has 0 spiro atoms. The zero-order valence-electron chi connectivity index (χ0n) is 22.7. The largest absolute Gasteiger partial charge is 0.494 e. The Morgan fingerprint density at radius 1 is 0.970 bits per heavy atom. The number of ether oxygens (including phenoxy) is 1. The highest BCUT2D eigenvalue weighted by Gasteiger charge is 2.22. The number of carbonyl (C=O) groups is 1. The van der Waals surface area contributed by atoms with Gasteiger partial charge in [0.2, 0.25) is 5.91 Å². The molecule has 0 saturated carbocycles. The lowest BCUT2D eigenvalue weighted by Crippen LogP contribution is -2.20. The van der Waals surface area contributed by atoms with Gasteiger partial charge in [-0.25, -0.2) is 0 Å². The Morgan fingerprint density at radius 3 is 2.06 bits per heavy atom. The third-order valence-corrected chi connectivity index (χ3v) is 5.40.